The largest absolute Gasteiger partial charge is 0.478 e. The molecular weight excluding hydrogens is 538 g/mol. The van der Waals surface area contributed by atoms with Crippen LogP contribution in [0.15, 0.2) is 41.3 Å². The number of amides is 1. The zero-order valence-electron chi connectivity index (χ0n) is 20.6. The van der Waals surface area contributed by atoms with E-state index in [1.807, 2.05) is 6.92 Å². The zero-order chi connectivity index (χ0) is 27.1. The fourth-order valence-corrected chi connectivity index (χ4v) is 4.85. The number of ether oxygens (including phenoxy) is 1. The predicted molar refractivity (Wildman–Crippen MR) is 147 cm³/mol. The summed E-state index contributed by atoms with van der Waals surface area (Å²) >= 11 is 13.7. The highest BCUT2D eigenvalue weighted by Crippen LogP contribution is 2.33. The third-order valence-electron chi connectivity index (χ3n) is 5.60. The third-order valence-corrected chi connectivity index (χ3v) is 6.99. The number of carbonyl (C=O) groups is 2. The quantitative estimate of drug-likeness (QED) is 0.181. The van der Waals surface area contributed by atoms with Crippen LogP contribution in [0.3, 0.4) is 0 Å². The molecule has 196 valence electrons. The summed E-state index contributed by atoms with van der Waals surface area (Å²) in [5.74, 6) is -2.02. The number of halogens is 3. The first-order valence-electron chi connectivity index (χ1n) is 11.7. The molecule has 0 aliphatic carbocycles. The molecular formula is C27H27Cl2FN2O4S. The number of nitrogens with zero attached hydrogens (tertiary/aromatic N) is 1. The van der Waals surface area contributed by atoms with Crippen molar-refractivity contribution < 1.29 is 23.8 Å². The van der Waals surface area contributed by atoms with E-state index in [0.29, 0.717) is 35.4 Å². The number of aliphatic carboxylic acids is 1. The number of nitrogens with one attached hydrogen (secondary N) is 1. The van der Waals surface area contributed by atoms with Gasteiger partial charge in [-0.1, -0.05) is 55.6 Å². The van der Waals surface area contributed by atoms with Crippen LogP contribution in [0.1, 0.15) is 67.6 Å². The van der Waals surface area contributed by atoms with E-state index >= 15 is 4.39 Å². The molecule has 0 aliphatic heterocycles. The van der Waals surface area contributed by atoms with E-state index in [0.717, 1.165) is 24.2 Å². The zero-order valence-corrected chi connectivity index (χ0v) is 22.9. The van der Waals surface area contributed by atoms with Crippen LogP contribution in [-0.4, -0.2) is 28.6 Å². The third kappa shape index (κ3) is 7.17. The van der Waals surface area contributed by atoms with Gasteiger partial charge in [0.1, 0.15) is 5.82 Å². The molecule has 1 heterocycles. The Labute approximate surface area is 229 Å². The summed E-state index contributed by atoms with van der Waals surface area (Å²) in [5.41, 5.74) is 1.71. The molecule has 6 nitrogen and oxygen atoms in total. The van der Waals surface area contributed by atoms with Crippen molar-refractivity contribution in [3.63, 3.8) is 0 Å². The normalized spacial score (nSPS) is 12.4. The SMILES string of the molecule is CCCCOC(CC)c1cccc(-c2csc(NC(=O)c3cc(Cl)c(C=C(C)C(=O)O)c(Cl)c3)n2)c1F. The minimum atomic E-state index is -1.11. The minimum absolute atomic E-state index is 0.0467. The van der Waals surface area contributed by atoms with Crippen LogP contribution in [0.5, 0.6) is 0 Å². The lowest BCUT2D eigenvalue weighted by Gasteiger charge is -2.18. The van der Waals surface area contributed by atoms with Crippen LogP contribution in [-0.2, 0) is 9.53 Å². The molecule has 3 rings (SSSR count). The molecule has 0 aliphatic rings. The van der Waals surface area contributed by atoms with E-state index in [2.05, 4.69) is 17.2 Å². The first-order chi connectivity index (χ1) is 17.7. The summed E-state index contributed by atoms with van der Waals surface area (Å²) in [6.45, 7) is 6.00. The van der Waals surface area contributed by atoms with Crippen molar-refractivity contribution in [3.05, 3.63) is 73.8 Å². The van der Waals surface area contributed by atoms with E-state index in [4.69, 9.17) is 33.0 Å². The molecule has 37 heavy (non-hydrogen) atoms. The molecule has 1 amide bonds. The molecule has 1 atom stereocenters. The highest BCUT2D eigenvalue weighted by molar-refractivity contribution is 7.14. The number of hydrogen-bond acceptors (Lipinski definition) is 5. The van der Waals surface area contributed by atoms with Gasteiger partial charge in [0.05, 0.1) is 21.8 Å². The number of carboxylic acid groups (broad SMARTS) is 1. The van der Waals surface area contributed by atoms with Crippen molar-refractivity contribution in [2.45, 2.75) is 46.1 Å². The molecule has 1 unspecified atom stereocenters. The van der Waals surface area contributed by atoms with Gasteiger partial charge in [-0.3, -0.25) is 10.1 Å². The van der Waals surface area contributed by atoms with E-state index in [1.54, 1.807) is 23.6 Å². The maximum atomic E-state index is 15.4. The molecule has 0 fully saturated rings. The van der Waals surface area contributed by atoms with Crippen molar-refractivity contribution in [1.82, 2.24) is 4.98 Å². The Balaban J connectivity index is 1.80. The monoisotopic (exact) mass is 564 g/mol. The van der Waals surface area contributed by atoms with Gasteiger partial charge in [0, 0.05) is 39.8 Å². The van der Waals surface area contributed by atoms with Gasteiger partial charge >= 0.3 is 5.97 Å². The molecule has 0 spiro atoms. The van der Waals surface area contributed by atoms with Crippen molar-refractivity contribution in [2.24, 2.45) is 0 Å². The first kappa shape index (κ1) is 28.8. The van der Waals surface area contributed by atoms with Gasteiger partial charge < -0.3 is 9.84 Å². The average Bonchev–Trinajstić information content (AvgIpc) is 3.32. The Bertz CT molecular complexity index is 1300. The smallest absolute Gasteiger partial charge is 0.331 e. The highest BCUT2D eigenvalue weighted by atomic mass is 35.5. The maximum Gasteiger partial charge on any atom is 0.331 e. The summed E-state index contributed by atoms with van der Waals surface area (Å²) < 4.78 is 21.3. The van der Waals surface area contributed by atoms with Gasteiger partial charge in [-0.2, -0.15) is 0 Å². The summed E-state index contributed by atoms with van der Waals surface area (Å²) in [4.78, 5) is 28.3. The van der Waals surface area contributed by atoms with Gasteiger partial charge in [0.2, 0.25) is 0 Å². The van der Waals surface area contributed by atoms with Gasteiger partial charge in [0.25, 0.3) is 5.91 Å². The Morgan fingerprint density at radius 2 is 1.95 bits per heavy atom. The summed E-state index contributed by atoms with van der Waals surface area (Å²) in [6.07, 6.45) is 3.53. The predicted octanol–water partition coefficient (Wildman–Crippen LogP) is 8.26. The van der Waals surface area contributed by atoms with Crippen molar-refractivity contribution >= 4 is 57.6 Å². The van der Waals surface area contributed by atoms with Gasteiger partial charge in [-0.05, 0) is 44.0 Å². The minimum Gasteiger partial charge on any atom is -0.478 e. The number of unbranched alkanes of at least 4 members (excludes halogenated alkanes) is 1. The van der Waals surface area contributed by atoms with Crippen LogP contribution in [0.25, 0.3) is 17.3 Å². The standard InChI is InChI=1S/C27H27Cl2FN2O4S/c1-4-6-10-36-23(5-2)18-9-7-8-17(24(18)30)22-14-37-27(31-22)32-25(33)16-12-20(28)19(21(29)13-16)11-15(3)26(34)35/h7-9,11-14,23H,4-6,10H2,1-3H3,(H,34,35)(H,31,32,33). The number of benzene rings is 2. The van der Waals surface area contributed by atoms with E-state index < -0.39 is 17.7 Å². The fourth-order valence-electron chi connectivity index (χ4n) is 3.55. The number of aromatic nitrogens is 1. The van der Waals surface area contributed by atoms with Crippen molar-refractivity contribution in [1.29, 1.82) is 0 Å². The number of anilines is 1. The van der Waals surface area contributed by atoms with E-state index in [9.17, 15) is 9.59 Å². The number of carbonyl (C=O) groups excluding carboxylic acids is 1. The maximum absolute atomic E-state index is 15.4. The van der Waals surface area contributed by atoms with Gasteiger partial charge in [0.15, 0.2) is 5.13 Å². The summed E-state index contributed by atoms with van der Waals surface area (Å²) in [6, 6.07) is 7.92. The Hall–Kier alpha value is -2.78. The summed E-state index contributed by atoms with van der Waals surface area (Å²) in [7, 11) is 0. The average molecular weight is 565 g/mol. The molecule has 3 aromatic rings. The fraction of sp³-hybridized carbons (Fsp3) is 0.296. The highest BCUT2D eigenvalue weighted by Gasteiger charge is 2.20. The van der Waals surface area contributed by atoms with Gasteiger partial charge in [-0.15, -0.1) is 11.3 Å². The molecule has 10 heteroatoms. The molecule has 1 aromatic heterocycles. The van der Waals surface area contributed by atoms with Crippen LogP contribution in [0, 0.1) is 5.82 Å². The molecule has 2 aromatic carbocycles. The van der Waals surface area contributed by atoms with Gasteiger partial charge in [-0.25, -0.2) is 14.2 Å². The van der Waals surface area contributed by atoms with Crippen molar-refractivity contribution in [2.75, 3.05) is 11.9 Å². The number of thiazole rings is 1. The number of rotatable bonds is 11. The topological polar surface area (TPSA) is 88.5 Å². The second-order valence-electron chi connectivity index (χ2n) is 8.31. The Morgan fingerprint density at radius 1 is 1.24 bits per heavy atom. The Kier molecular flexibility index (Phi) is 10.2. The molecule has 2 N–H and O–H groups in total. The summed E-state index contributed by atoms with van der Waals surface area (Å²) in [5, 5.41) is 14.0. The lowest BCUT2D eigenvalue weighted by molar-refractivity contribution is -0.132. The first-order valence-corrected chi connectivity index (χ1v) is 13.4. The van der Waals surface area contributed by atoms with E-state index in [-0.39, 0.29) is 32.4 Å². The second kappa shape index (κ2) is 13.1. The Morgan fingerprint density at radius 3 is 2.57 bits per heavy atom. The molecule has 0 saturated carbocycles. The van der Waals surface area contributed by atoms with Crippen LogP contribution >= 0.6 is 34.5 Å². The van der Waals surface area contributed by atoms with Crippen LogP contribution in [0.2, 0.25) is 10.0 Å². The second-order valence-corrected chi connectivity index (χ2v) is 9.98. The molecule has 0 bridgehead atoms. The lowest BCUT2D eigenvalue weighted by atomic mass is 10.0. The molecule has 0 radical (unpaired) electrons. The lowest BCUT2D eigenvalue weighted by Crippen LogP contribution is -2.12. The van der Waals surface area contributed by atoms with Crippen molar-refractivity contribution in [3.8, 4) is 11.3 Å². The number of hydrogen-bond donors (Lipinski definition) is 2. The number of carboxylic acids is 1. The van der Waals surface area contributed by atoms with Crippen LogP contribution < -0.4 is 5.32 Å². The van der Waals surface area contributed by atoms with E-state index in [1.165, 1.54) is 25.1 Å². The van der Waals surface area contributed by atoms with Crippen LogP contribution in [0.4, 0.5) is 9.52 Å². The molecule has 0 saturated heterocycles.